The van der Waals surface area contributed by atoms with E-state index < -0.39 is 11.9 Å². The number of alkyl halides is 3. The zero-order chi connectivity index (χ0) is 25.8. The monoisotopic (exact) mass is 680 g/mol. The van der Waals surface area contributed by atoms with Crippen LogP contribution in [0.15, 0.2) is 48.7 Å². The van der Waals surface area contributed by atoms with Crippen molar-refractivity contribution in [3.8, 4) is 28.4 Å². The number of nitrogens with zero attached hydrogens (tertiary/aromatic N) is 5. The van der Waals surface area contributed by atoms with Crippen LogP contribution >= 0.6 is 0 Å². The van der Waals surface area contributed by atoms with Crippen molar-refractivity contribution in [1.29, 1.82) is 0 Å². The van der Waals surface area contributed by atoms with E-state index in [9.17, 15) is 17.6 Å². The molecule has 4 rings (SSSR count). The molecular weight excluding hydrogens is 655 g/mol. The van der Waals surface area contributed by atoms with Gasteiger partial charge in [0.05, 0.1) is 6.61 Å². The van der Waals surface area contributed by atoms with Crippen LogP contribution in [-0.4, -0.2) is 26.5 Å². The molecule has 36 heavy (non-hydrogen) atoms. The number of halogens is 4. The number of rotatable bonds is 4. The largest absolute Gasteiger partial charge is 0.573 e. The second kappa shape index (κ2) is 11.8. The number of hydrogen-bond acceptors (Lipinski definition) is 4. The number of benzene rings is 1. The van der Waals surface area contributed by atoms with E-state index in [-0.39, 0.29) is 37.0 Å². The Morgan fingerprint density at radius 2 is 1.81 bits per heavy atom. The summed E-state index contributed by atoms with van der Waals surface area (Å²) in [5.41, 5.74) is 2.05. The zero-order valence-electron chi connectivity index (χ0n) is 20.3. The maximum absolute atomic E-state index is 13.3. The van der Waals surface area contributed by atoms with Gasteiger partial charge in [-0.2, -0.15) is 13.2 Å². The summed E-state index contributed by atoms with van der Waals surface area (Å²) in [5, 5.41) is 11.0. The summed E-state index contributed by atoms with van der Waals surface area (Å²) in [6.45, 7) is 8.74. The Kier molecular flexibility index (Phi) is 9.57. The van der Waals surface area contributed by atoms with Gasteiger partial charge in [0.25, 0.3) is 0 Å². The van der Waals surface area contributed by atoms with Crippen LogP contribution in [0.1, 0.15) is 39.1 Å². The van der Waals surface area contributed by atoms with Crippen molar-refractivity contribution < 1.29 is 42.4 Å². The summed E-state index contributed by atoms with van der Waals surface area (Å²) in [6.07, 6.45) is -2.97. The first-order valence-corrected chi connectivity index (χ1v) is 10.8. The first kappa shape index (κ1) is 29.2. The minimum Gasteiger partial charge on any atom is -0.573 e. The molecule has 4 aromatic rings. The standard InChI is InChI=1S/C16H20FN2O.C9H5F3N3.Ir/c1-6-20-14-9-11(17)7-8-12(14)13-10-15(16(2,3)4)19(5)18-13;10-9(11,12)8-5-7(14-15-8)6-3-1-2-4-13-6;/h7,9-10H,6H2,1-5H3;1-5H;/q2*-1;. The summed E-state index contributed by atoms with van der Waals surface area (Å²) in [7, 11) is 1.91. The van der Waals surface area contributed by atoms with Crippen LogP contribution in [0.25, 0.3) is 22.6 Å². The van der Waals surface area contributed by atoms with Crippen molar-refractivity contribution in [2.75, 3.05) is 6.61 Å². The van der Waals surface area contributed by atoms with E-state index in [1.165, 1.54) is 18.3 Å². The molecule has 0 unspecified atom stereocenters. The van der Waals surface area contributed by atoms with Crippen LogP contribution in [-0.2, 0) is 38.7 Å². The van der Waals surface area contributed by atoms with Crippen LogP contribution < -0.4 is 9.84 Å². The van der Waals surface area contributed by atoms with E-state index in [1.807, 2.05) is 24.7 Å². The van der Waals surface area contributed by atoms with E-state index in [2.05, 4.69) is 47.1 Å². The number of aromatic nitrogens is 5. The van der Waals surface area contributed by atoms with Gasteiger partial charge in [0.2, 0.25) is 0 Å². The van der Waals surface area contributed by atoms with Gasteiger partial charge in [-0.15, -0.1) is 12.1 Å². The second-order valence-electron chi connectivity index (χ2n) is 8.61. The van der Waals surface area contributed by atoms with Gasteiger partial charge in [-0.05, 0) is 25.1 Å². The minimum absolute atomic E-state index is 0. The molecule has 0 saturated carbocycles. The maximum atomic E-state index is 13.3. The molecule has 1 aromatic carbocycles. The molecule has 0 aliphatic carbocycles. The van der Waals surface area contributed by atoms with E-state index in [0.29, 0.717) is 23.6 Å². The fourth-order valence-electron chi connectivity index (χ4n) is 3.29. The number of aryl methyl sites for hydroxylation is 1. The van der Waals surface area contributed by atoms with Gasteiger partial charge in [0.15, 0.2) is 0 Å². The van der Waals surface area contributed by atoms with E-state index in [4.69, 9.17) is 4.74 Å². The molecule has 0 spiro atoms. The SMILES string of the molecule is CCOc1cc(F)c[c-]c1-c1cc(C(C)(C)C)n(C)n1.FC(F)(F)c1cc(-c2ccccn2)[n-]n1.[Ir]. The molecule has 0 aliphatic rings. The zero-order valence-corrected chi connectivity index (χ0v) is 22.7. The Bertz CT molecular complexity index is 1260. The third-order valence-electron chi connectivity index (χ3n) is 4.83. The van der Waals surface area contributed by atoms with Gasteiger partial charge < -0.3 is 14.9 Å². The van der Waals surface area contributed by atoms with Crippen LogP contribution in [0.3, 0.4) is 0 Å². The average Bonchev–Trinajstić information content (AvgIpc) is 3.42. The van der Waals surface area contributed by atoms with Gasteiger partial charge in [-0.3, -0.25) is 14.1 Å². The summed E-state index contributed by atoms with van der Waals surface area (Å²) < 4.78 is 57.2. The molecule has 6 nitrogen and oxygen atoms in total. The van der Waals surface area contributed by atoms with E-state index in [1.54, 1.807) is 18.2 Å². The minimum atomic E-state index is -4.46. The molecule has 3 aromatic heterocycles. The van der Waals surface area contributed by atoms with Gasteiger partial charge >= 0.3 is 6.18 Å². The molecule has 0 atom stereocenters. The smallest absolute Gasteiger partial charge is 0.431 e. The molecule has 0 saturated heterocycles. The fraction of sp³-hybridized carbons (Fsp3) is 0.320. The molecule has 3 heterocycles. The molecule has 0 aliphatic heterocycles. The van der Waals surface area contributed by atoms with Crippen molar-refractivity contribution in [3.05, 3.63) is 71.9 Å². The topological polar surface area (TPSA) is 66.9 Å². The van der Waals surface area contributed by atoms with Crippen molar-refractivity contribution in [2.45, 2.75) is 39.3 Å². The van der Waals surface area contributed by atoms with Crippen molar-refractivity contribution in [2.24, 2.45) is 7.05 Å². The Morgan fingerprint density at radius 3 is 2.33 bits per heavy atom. The Balaban J connectivity index is 0.000000256. The normalized spacial score (nSPS) is 11.4. The molecule has 0 bridgehead atoms. The Labute approximate surface area is 220 Å². The number of hydrogen-bond donors (Lipinski definition) is 0. The van der Waals surface area contributed by atoms with Crippen LogP contribution in [0.4, 0.5) is 17.6 Å². The second-order valence-corrected chi connectivity index (χ2v) is 8.61. The fourth-order valence-corrected chi connectivity index (χ4v) is 3.29. The first-order chi connectivity index (χ1) is 16.4. The van der Waals surface area contributed by atoms with Crippen molar-refractivity contribution >= 4 is 0 Å². The molecule has 11 heteroatoms. The molecule has 0 fully saturated rings. The summed E-state index contributed by atoms with van der Waals surface area (Å²) in [4.78, 5) is 3.87. The molecule has 1 radical (unpaired) electrons. The third-order valence-corrected chi connectivity index (χ3v) is 4.83. The Morgan fingerprint density at radius 1 is 1.08 bits per heavy atom. The van der Waals surface area contributed by atoms with Crippen LogP contribution in [0, 0.1) is 11.9 Å². The predicted molar refractivity (Wildman–Crippen MR) is 123 cm³/mol. The first-order valence-electron chi connectivity index (χ1n) is 10.8. The average molecular weight is 680 g/mol. The van der Waals surface area contributed by atoms with E-state index in [0.717, 1.165) is 17.5 Å². The molecule has 0 N–H and O–H groups in total. The van der Waals surface area contributed by atoms with E-state index >= 15 is 0 Å². The van der Waals surface area contributed by atoms with Gasteiger partial charge in [0, 0.05) is 67.4 Å². The number of pyridine rings is 1. The summed E-state index contributed by atoms with van der Waals surface area (Å²) in [5.74, 6) is 0.121. The van der Waals surface area contributed by atoms with Gasteiger partial charge in [0.1, 0.15) is 5.69 Å². The van der Waals surface area contributed by atoms with Gasteiger partial charge in [-0.1, -0.05) is 50.2 Å². The maximum Gasteiger partial charge on any atom is 0.431 e. The number of ether oxygens (including phenoxy) is 1. The quantitative estimate of drug-likeness (QED) is 0.201. The Hall–Kier alpha value is -3.04. The molecule has 0 amide bonds. The van der Waals surface area contributed by atoms with Crippen molar-refractivity contribution in [1.82, 2.24) is 25.0 Å². The molecular formula is C25H25F4IrN5O-2. The third kappa shape index (κ3) is 7.24. The van der Waals surface area contributed by atoms with Gasteiger partial charge in [-0.25, -0.2) is 5.10 Å². The van der Waals surface area contributed by atoms with Crippen LogP contribution in [0.5, 0.6) is 5.75 Å². The predicted octanol–water partition coefficient (Wildman–Crippen LogP) is 5.84. The molecule has 195 valence electrons. The summed E-state index contributed by atoms with van der Waals surface area (Å²) >= 11 is 0. The van der Waals surface area contributed by atoms with Crippen molar-refractivity contribution in [3.63, 3.8) is 0 Å². The van der Waals surface area contributed by atoms with Crippen LogP contribution in [0.2, 0.25) is 0 Å². The summed E-state index contributed by atoms with van der Waals surface area (Å²) in [6, 6.07) is 13.4.